The summed E-state index contributed by atoms with van der Waals surface area (Å²) in [7, 11) is 0. The van der Waals surface area contributed by atoms with Crippen molar-refractivity contribution >= 4 is 29.1 Å². The normalized spacial score (nSPS) is 29.6. The van der Waals surface area contributed by atoms with Crippen LogP contribution in [0.3, 0.4) is 0 Å². The third-order valence-electron chi connectivity index (χ3n) is 9.31. The highest BCUT2D eigenvalue weighted by Crippen LogP contribution is 2.64. The van der Waals surface area contributed by atoms with Crippen LogP contribution in [0.15, 0.2) is 24.3 Å². The molecular weight excluding hydrogens is 508 g/mol. The second-order valence-corrected chi connectivity index (χ2v) is 12.0. The van der Waals surface area contributed by atoms with Crippen LogP contribution in [0, 0.1) is 17.8 Å². The Balaban J connectivity index is 1.73. The summed E-state index contributed by atoms with van der Waals surface area (Å²) >= 11 is 0. The summed E-state index contributed by atoms with van der Waals surface area (Å²) in [6, 6.07) is 6.22. The number of benzene rings is 1. The number of ether oxygens (including phenoxy) is 1. The zero-order valence-corrected chi connectivity index (χ0v) is 25.0. The van der Waals surface area contributed by atoms with Gasteiger partial charge in [0.1, 0.15) is 11.6 Å². The Morgan fingerprint density at radius 3 is 2.33 bits per heavy atom. The van der Waals surface area contributed by atoms with Gasteiger partial charge in [-0.3, -0.25) is 14.4 Å². The minimum Gasteiger partial charge on any atom is -0.394 e. The number of hydrogen-bond acceptors (Lipinski definition) is 6. The number of nitrogens with zero attached hydrogens (tertiary/aromatic N) is 2. The first-order valence-electron chi connectivity index (χ1n) is 15.2. The first-order valence-corrected chi connectivity index (χ1v) is 15.2. The van der Waals surface area contributed by atoms with E-state index in [0.29, 0.717) is 37.9 Å². The summed E-state index contributed by atoms with van der Waals surface area (Å²) < 4.78 is 6.81. The minimum absolute atomic E-state index is 0.180. The van der Waals surface area contributed by atoms with Crippen LogP contribution in [0.4, 0.5) is 11.4 Å². The molecule has 0 aromatic heterocycles. The van der Waals surface area contributed by atoms with Crippen molar-refractivity contribution < 1.29 is 24.2 Å². The summed E-state index contributed by atoms with van der Waals surface area (Å²) in [5.41, 5.74) is -0.189. The van der Waals surface area contributed by atoms with Crippen LogP contribution in [0.1, 0.15) is 73.6 Å². The Bertz CT molecular complexity index is 1070. The molecule has 1 aromatic rings. The molecular formula is C31H48N4O5. The van der Waals surface area contributed by atoms with Gasteiger partial charge < -0.3 is 30.3 Å². The van der Waals surface area contributed by atoms with Crippen molar-refractivity contribution in [1.29, 1.82) is 0 Å². The Labute approximate surface area is 239 Å². The average Bonchev–Trinajstić information content (AvgIpc) is 3.55. The summed E-state index contributed by atoms with van der Waals surface area (Å²) in [6.45, 7) is 14.3. The van der Waals surface area contributed by atoms with Crippen molar-refractivity contribution in [2.24, 2.45) is 17.8 Å². The Morgan fingerprint density at radius 2 is 1.77 bits per heavy atom. The molecule has 6 atom stereocenters. The fourth-order valence-corrected chi connectivity index (χ4v) is 7.48. The fourth-order valence-electron chi connectivity index (χ4n) is 7.48. The summed E-state index contributed by atoms with van der Waals surface area (Å²) in [5.74, 6) is -2.01. The Kier molecular flexibility index (Phi) is 9.15. The number of nitrogens with one attached hydrogen (secondary N) is 2. The van der Waals surface area contributed by atoms with Crippen molar-refractivity contribution in [1.82, 2.24) is 10.2 Å². The third-order valence-corrected chi connectivity index (χ3v) is 9.31. The first-order chi connectivity index (χ1) is 19.1. The molecule has 3 aliphatic heterocycles. The molecule has 0 aliphatic carbocycles. The number of rotatable bonds is 13. The second kappa shape index (κ2) is 12.1. The number of aliphatic hydroxyl groups excluding tert-OH is 1. The smallest absolute Gasteiger partial charge is 0.250 e. The van der Waals surface area contributed by atoms with Gasteiger partial charge in [0.05, 0.1) is 30.1 Å². The quantitative estimate of drug-likeness (QED) is 0.343. The molecule has 3 heterocycles. The number of anilines is 2. The number of fused-ring (bicyclic) bond motifs is 1. The maximum Gasteiger partial charge on any atom is 0.250 e. The second-order valence-electron chi connectivity index (χ2n) is 12.0. The van der Waals surface area contributed by atoms with Crippen molar-refractivity contribution in [3.8, 4) is 0 Å². The van der Waals surface area contributed by atoms with E-state index in [1.165, 1.54) is 0 Å². The highest BCUT2D eigenvalue weighted by Gasteiger charge is 2.79. The number of likely N-dealkylation sites (tertiary alicyclic amines) is 1. The molecule has 3 aliphatic rings. The van der Waals surface area contributed by atoms with Crippen LogP contribution in [-0.2, 0) is 19.1 Å². The molecule has 3 N–H and O–H groups in total. The largest absolute Gasteiger partial charge is 0.394 e. The lowest BCUT2D eigenvalue weighted by Gasteiger charge is -2.38. The van der Waals surface area contributed by atoms with Gasteiger partial charge in [-0.1, -0.05) is 27.7 Å². The van der Waals surface area contributed by atoms with E-state index < -0.39 is 35.1 Å². The lowest BCUT2D eigenvalue weighted by atomic mass is 9.65. The number of carbonyl (C=O) groups excluding carboxylic acids is 3. The van der Waals surface area contributed by atoms with E-state index in [4.69, 9.17) is 4.74 Å². The van der Waals surface area contributed by atoms with Gasteiger partial charge in [0.15, 0.2) is 0 Å². The molecule has 9 nitrogen and oxygen atoms in total. The average molecular weight is 557 g/mol. The summed E-state index contributed by atoms with van der Waals surface area (Å²) in [4.78, 5) is 45.9. The molecule has 222 valence electrons. The zero-order valence-electron chi connectivity index (χ0n) is 25.0. The molecule has 1 spiro atoms. The minimum atomic E-state index is -1.11. The van der Waals surface area contributed by atoms with Crippen LogP contribution < -0.4 is 15.5 Å². The maximum absolute atomic E-state index is 14.3. The lowest BCUT2D eigenvalue weighted by Crippen LogP contribution is -2.56. The van der Waals surface area contributed by atoms with E-state index in [1.54, 1.807) is 4.90 Å². The van der Waals surface area contributed by atoms with Crippen molar-refractivity contribution in [2.45, 2.75) is 96.9 Å². The van der Waals surface area contributed by atoms with E-state index >= 15 is 0 Å². The number of aliphatic hydroxyl groups is 1. The molecule has 3 fully saturated rings. The molecule has 0 radical (unpaired) electrons. The monoisotopic (exact) mass is 556 g/mol. The van der Waals surface area contributed by atoms with E-state index in [-0.39, 0.29) is 30.2 Å². The Hall–Kier alpha value is -2.65. The van der Waals surface area contributed by atoms with Gasteiger partial charge in [-0.2, -0.15) is 0 Å². The van der Waals surface area contributed by atoms with Crippen LogP contribution in [0.2, 0.25) is 0 Å². The number of amides is 3. The van der Waals surface area contributed by atoms with Crippen molar-refractivity contribution in [3.63, 3.8) is 0 Å². The van der Waals surface area contributed by atoms with Gasteiger partial charge >= 0.3 is 0 Å². The SMILES string of the molecule is CCCNC(=O)[C@H]1[C@H]2C(=O)N([C@@H](CO)CC(C)C)C(C(=O)Nc3ccc(N(CC)CC)cc3)C23CC[C@]1(CC)O3. The molecule has 0 saturated carbocycles. The van der Waals surface area contributed by atoms with Crippen LogP contribution in [-0.4, -0.2) is 77.3 Å². The highest BCUT2D eigenvalue weighted by molar-refractivity contribution is 6.04. The van der Waals surface area contributed by atoms with E-state index in [9.17, 15) is 19.5 Å². The lowest BCUT2D eigenvalue weighted by molar-refractivity contribution is -0.149. The third kappa shape index (κ3) is 5.00. The van der Waals surface area contributed by atoms with Crippen LogP contribution in [0.25, 0.3) is 0 Å². The van der Waals surface area contributed by atoms with Gasteiger partial charge in [-0.25, -0.2) is 0 Å². The van der Waals surface area contributed by atoms with Gasteiger partial charge in [0.25, 0.3) is 0 Å². The van der Waals surface area contributed by atoms with E-state index in [0.717, 1.165) is 25.2 Å². The van der Waals surface area contributed by atoms with Crippen molar-refractivity contribution in [2.75, 3.05) is 36.5 Å². The molecule has 9 heteroatoms. The summed E-state index contributed by atoms with van der Waals surface area (Å²) in [6.07, 6.45) is 3.04. The molecule has 40 heavy (non-hydrogen) atoms. The molecule has 4 rings (SSSR count). The topological polar surface area (TPSA) is 111 Å². The number of hydrogen-bond donors (Lipinski definition) is 3. The molecule has 1 aromatic carbocycles. The highest BCUT2D eigenvalue weighted by atomic mass is 16.5. The van der Waals surface area contributed by atoms with E-state index in [1.807, 2.05) is 52.0 Å². The van der Waals surface area contributed by atoms with Crippen molar-refractivity contribution in [3.05, 3.63) is 24.3 Å². The predicted octanol–water partition coefficient (Wildman–Crippen LogP) is 3.56. The molecule has 3 amide bonds. The molecule has 2 unspecified atom stereocenters. The Morgan fingerprint density at radius 1 is 1.10 bits per heavy atom. The molecule has 2 bridgehead atoms. The fraction of sp³-hybridized carbons (Fsp3) is 0.710. The van der Waals surface area contributed by atoms with Gasteiger partial charge in [0.2, 0.25) is 17.7 Å². The van der Waals surface area contributed by atoms with Crippen LogP contribution in [0.5, 0.6) is 0 Å². The molecule has 3 saturated heterocycles. The van der Waals surface area contributed by atoms with Gasteiger partial charge in [-0.15, -0.1) is 0 Å². The van der Waals surface area contributed by atoms with E-state index in [2.05, 4.69) is 29.4 Å². The van der Waals surface area contributed by atoms with Gasteiger partial charge in [0, 0.05) is 31.0 Å². The predicted molar refractivity (Wildman–Crippen MR) is 156 cm³/mol. The number of carbonyl (C=O) groups is 3. The van der Waals surface area contributed by atoms with Crippen LogP contribution >= 0.6 is 0 Å². The zero-order chi connectivity index (χ0) is 29.2. The standard InChI is InChI=1S/C31H48N4O5/c1-7-17-32-27(37)24-25-29(39)35(23(19-36)18-20(5)6)26(31(25)16-15-30(24,8-2)40-31)28(38)33-21-11-13-22(14-12-21)34(9-3)10-4/h11-14,20,23-26,36H,7-10,15-19H2,1-6H3,(H,32,37)(H,33,38)/t23-,24-,25+,26?,30+,31?/m1/s1. The summed E-state index contributed by atoms with van der Waals surface area (Å²) in [5, 5.41) is 16.5. The first kappa shape index (κ1) is 30.3. The maximum atomic E-state index is 14.3. The van der Waals surface area contributed by atoms with Gasteiger partial charge in [-0.05, 0) is 76.1 Å².